The molecule has 0 saturated carbocycles. The molecule has 14 heavy (non-hydrogen) atoms. The van der Waals surface area contributed by atoms with Crippen LogP contribution < -0.4 is 0 Å². The highest BCUT2D eigenvalue weighted by molar-refractivity contribution is 5.85. The maximum atomic E-state index is 10.6. The number of nitrogens with zero attached hydrogens (tertiary/aromatic N) is 2. The number of rotatable bonds is 2. The molecule has 0 aliphatic heterocycles. The molecule has 1 radical (unpaired) electrons. The Morgan fingerprint density at radius 1 is 1.00 bits per heavy atom. The molecule has 0 saturated heterocycles. The summed E-state index contributed by atoms with van der Waals surface area (Å²) in [5.74, 6) is 0.548. The fourth-order valence-electron chi connectivity index (χ4n) is 1.21. The van der Waals surface area contributed by atoms with Crippen molar-refractivity contribution in [3.8, 4) is 11.4 Å². The van der Waals surface area contributed by atoms with Gasteiger partial charge in [-0.25, -0.2) is 9.97 Å². The number of carbonyl (C=O) groups excluding carboxylic acids is 1. The monoisotopic (exact) mass is 183 g/mol. The highest BCUT2D eigenvalue weighted by Crippen LogP contribution is 2.17. The van der Waals surface area contributed by atoms with E-state index in [1.165, 1.54) is 0 Å². The third kappa shape index (κ3) is 1.52. The molecule has 3 nitrogen and oxygen atoms in total. The summed E-state index contributed by atoms with van der Waals surface area (Å²) in [6.45, 7) is 0. The minimum absolute atomic E-state index is 0.485. The summed E-state index contributed by atoms with van der Waals surface area (Å²) in [4.78, 5) is 18.8. The topological polar surface area (TPSA) is 42.9 Å². The van der Waals surface area contributed by atoms with E-state index >= 15 is 0 Å². The smallest absolute Gasteiger partial charge is 0.234 e. The average molecular weight is 183 g/mol. The molecule has 3 heteroatoms. The molecular weight excluding hydrogens is 176 g/mol. The van der Waals surface area contributed by atoms with Crippen molar-refractivity contribution in [2.45, 2.75) is 0 Å². The molecule has 1 aromatic carbocycles. The van der Waals surface area contributed by atoms with Gasteiger partial charge < -0.3 is 0 Å². The Hall–Kier alpha value is -2.03. The van der Waals surface area contributed by atoms with Crippen LogP contribution in [0.3, 0.4) is 0 Å². The zero-order valence-corrected chi connectivity index (χ0v) is 7.34. The molecule has 0 aliphatic carbocycles. The third-order valence-electron chi connectivity index (χ3n) is 1.84. The molecule has 67 valence electrons. The molecule has 0 unspecified atom stereocenters. The summed E-state index contributed by atoms with van der Waals surface area (Å²) >= 11 is 0. The van der Waals surface area contributed by atoms with E-state index in [2.05, 4.69) is 9.97 Å². The summed E-state index contributed by atoms with van der Waals surface area (Å²) in [5, 5.41) is 0. The fourth-order valence-corrected chi connectivity index (χ4v) is 1.21. The van der Waals surface area contributed by atoms with Gasteiger partial charge in [-0.2, -0.15) is 0 Å². The molecule has 0 fully saturated rings. The lowest BCUT2D eigenvalue weighted by atomic mass is 10.1. The molecule has 1 heterocycles. The van der Waals surface area contributed by atoms with Crippen molar-refractivity contribution in [3.05, 3.63) is 48.3 Å². The summed E-state index contributed by atoms with van der Waals surface area (Å²) in [5.41, 5.74) is 1.20. The Balaban J connectivity index is 2.57. The van der Waals surface area contributed by atoms with Crippen LogP contribution in [-0.4, -0.2) is 16.3 Å². The number of benzene rings is 1. The van der Waals surface area contributed by atoms with Crippen LogP contribution in [0.2, 0.25) is 0 Å². The van der Waals surface area contributed by atoms with Gasteiger partial charge in [-0.1, -0.05) is 24.3 Å². The molecule has 0 aliphatic rings. The maximum absolute atomic E-state index is 10.6. The summed E-state index contributed by atoms with van der Waals surface area (Å²) in [6.07, 6.45) is 5.15. The Bertz CT molecular complexity index is 440. The third-order valence-corrected chi connectivity index (χ3v) is 1.84. The standard InChI is InChI=1S/C11H7N2O/c14-8-9-4-1-2-5-10(9)11-12-6-3-7-13-11/h1-7H. The minimum Gasteiger partial charge on any atom is -0.285 e. The first kappa shape index (κ1) is 8.56. The maximum Gasteiger partial charge on any atom is 0.234 e. The summed E-state index contributed by atoms with van der Waals surface area (Å²) in [6, 6.07) is 8.85. The van der Waals surface area contributed by atoms with Crippen molar-refractivity contribution in [2.24, 2.45) is 0 Å². The lowest BCUT2D eigenvalue weighted by Crippen LogP contribution is -1.91. The van der Waals surface area contributed by atoms with Gasteiger partial charge >= 0.3 is 0 Å². The van der Waals surface area contributed by atoms with Crippen molar-refractivity contribution in [3.63, 3.8) is 0 Å². The molecular formula is C11H7N2O. The van der Waals surface area contributed by atoms with Gasteiger partial charge in [0.05, 0.1) is 0 Å². The molecule has 0 N–H and O–H groups in total. The van der Waals surface area contributed by atoms with Gasteiger partial charge in [0.25, 0.3) is 0 Å². The quantitative estimate of drug-likeness (QED) is 0.710. The van der Waals surface area contributed by atoms with E-state index in [1.54, 1.807) is 36.7 Å². The lowest BCUT2D eigenvalue weighted by molar-refractivity contribution is 0.563. The van der Waals surface area contributed by atoms with Crippen LogP contribution >= 0.6 is 0 Å². The molecule has 2 aromatic rings. The summed E-state index contributed by atoms with van der Waals surface area (Å²) < 4.78 is 0. The second-order valence-electron chi connectivity index (χ2n) is 2.72. The Morgan fingerprint density at radius 2 is 1.71 bits per heavy atom. The van der Waals surface area contributed by atoms with E-state index in [4.69, 9.17) is 0 Å². The minimum atomic E-state index is 0.485. The lowest BCUT2D eigenvalue weighted by Gasteiger charge is -2.00. The van der Waals surface area contributed by atoms with Gasteiger partial charge in [0.1, 0.15) is 0 Å². The largest absolute Gasteiger partial charge is 0.285 e. The van der Waals surface area contributed by atoms with Crippen molar-refractivity contribution in [1.82, 2.24) is 9.97 Å². The highest BCUT2D eigenvalue weighted by atomic mass is 16.1. The van der Waals surface area contributed by atoms with E-state index in [0.717, 1.165) is 0 Å². The molecule has 0 atom stereocenters. The summed E-state index contributed by atoms with van der Waals surface area (Å²) in [7, 11) is 0. The van der Waals surface area contributed by atoms with Crippen molar-refractivity contribution < 1.29 is 4.79 Å². The number of hydrogen-bond acceptors (Lipinski definition) is 3. The van der Waals surface area contributed by atoms with Gasteiger partial charge in [-0.3, -0.25) is 4.79 Å². The Morgan fingerprint density at radius 3 is 2.43 bits per heavy atom. The number of aromatic nitrogens is 2. The van der Waals surface area contributed by atoms with Gasteiger partial charge in [-0.05, 0) is 6.07 Å². The van der Waals surface area contributed by atoms with Crippen molar-refractivity contribution in [2.75, 3.05) is 0 Å². The molecule has 0 amide bonds. The molecule has 0 bridgehead atoms. The van der Waals surface area contributed by atoms with E-state index < -0.39 is 0 Å². The van der Waals surface area contributed by atoms with Crippen LogP contribution in [0.15, 0.2) is 42.7 Å². The molecule has 0 spiro atoms. The van der Waals surface area contributed by atoms with Crippen molar-refractivity contribution in [1.29, 1.82) is 0 Å². The average Bonchev–Trinajstić information content (AvgIpc) is 2.30. The molecule has 2 rings (SSSR count). The first-order valence-corrected chi connectivity index (χ1v) is 4.16. The van der Waals surface area contributed by atoms with E-state index in [-0.39, 0.29) is 0 Å². The highest BCUT2D eigenvalue weighted by Gasteiger charge is 2.05. The first-order chi connectivity index (χ1) is 6.92. The van der Waals surface area contributed by atoms with Gasteiger partial charge in [0.2, 0.25) is 6.29 Å². The normalized spacial score (nSPS) is 9.71. The Kier molecular flexibility index (Phi) is 2.32. The van der Waals surface area contributed by atoms with Crippen molar-refractivity contribution >= 4 is 6.29 Å². The fraction of sp³-hybridized carbons (Fsp3) is 0. The van der Waals surface area contributed by atoms with E-state index in [0.29, 0.717) is 17.0 Å². The van der Waals surface area contributed by atoms with Crippen LogP contribution in [0, 0.1) is 0 Å². The van der Waals surface area contributed by atoms with Crippen LogP contribution in [0.25, 0.3) is 11.4 Å². The second kappa shape index (κ2) is 3.79. The zero-order chi connectivity index (χ0) is 9.80. The zero-order valence-electron chi connectivity index (χ0n) is 7.34. The predicted molar refractivity (Wildman–Crippen MR) is 52.3 cm³/mol. The van der Waals surface area contributed by atoms with E-state index in [1.807, 2.05) is 12.4 Å². The van der Waals surface area contributed by atoms with Gasteiger partial charge in [0.15, 0.2) is 5.82 Å². The SMILES string of the molecule is O=[C]c1ccccc1-c1ncccn1. The second-order valence-corrected chi connectivity index (χ2v) is 2.72. The van der Waals surface area contributed by atoms with Crippen LogP contribution in [0.5, 0.6) is 0 Å². The van der Waals surface area contributed by atoms with E-state index in [9.17, 15) is 4.79 Å². The van der Waals surface area contributed by atoms with Gasteiger partial charge in [0, 0.05) is 23.5 Å². The van der Waals surface area contributed by atoms with Crippen LogP contribution in [0.4, 0.5) is 0 Å². The van der Waals surface area contributed by atoms with Crippen LogP contribution in [0.1, 0.15) is 5.56 Å². The van der Waals surface area contributed by atoms with Gasteiger partial charge in [-0.15, -0.1) is 0 Å². The predicted octanol–water partition coefficient (Wildman–Crippen LogP) is 1.60. The molecule has 1 aromatic heterocycles. The van der Waals surface area contributed by atoms with Crippen LogP contribution in [-0.2, 0) is 4.79 Å². The Labute approximate surface area is 81.5 Å². The first-order valence-electron chi connectivity index (χ1n) is 4.16. The number of hydrogen-bond donors (Lipinski definition) is 0.